The van der Waals surface area contributed by atoms with Gasteiger partial charge in [-0.3, -0.25) is 0 Å². The van der Waals surface area contributed by atoms with Crippen molar-refractivity contribution in [3.63, 3.8) is 0 Å². The van der Waals surface area contributed by atoms with Crippen LogP contribution in [0.3, 0.4) is 0 Å². The van der Waals surface area contributed by atoms with Crippen molar-refractivity contribution in [2.45, 2.75) is 99.2 Å². The maximum Gasteiger partial charge on any atom is 0.120 e. The molecule has 0 unspecified atom stereocenters. The molecule has 0 aromatic heterocycles. The second kappa shape index (κ2) is 33.0. The number of hydrogen-bond donors (Lipinski definition) is 0. The summed E-state index contributed by atoms with van der Waals surface area (Å²) in [6.45, 7) is 2.10. The molecule has 74 heavy (non-hydrogen) atoms. The predicted octanol–water partition coefficient (Wildman–Crippen LogP) is 18.6. The molecule has 0 spiro atoms. The largest absolute Gasteiger partial charge is 0.490 e. The zero-order valence-corrected chi connectivity index (χ0v) is 47.1. The van der Waals surface area contributed by atoms with Gasteiger partial charge in [-0.15, -0.1) is 92.8 Å². The van der Waals surface area contributed by atoms with Gasteiger partial charge in [0.25, 0.3) is 0 Å². The molecule has 0 aliphatic heterocycles. The average Bonchev–Trinajstić information content (AvgIpc) is 3.44. The summed E-state index contributed by atoms with van der Waals surface area (Å²) in [4.78, 5) is 0. The van der Waals surface area contributed by atoms with Crippen LogP contribution >= 0.6 is 92.8 Å². The molecule has 0 aliphatic rings. The van der Waals surface area contributed by atoms with Crippen LogP contribution in [0.4, 0.5) is 0 Å². The normalized spacial score (nSPS) is 11.5. The van der Waals surface area contributed by atoms with Gasteiger partial charge in [0, 0.05) is 47.0 Å². The highest BCUT2D eigenvalue weighted by Crippen LogP contribution is 2.28. The molecule has 0 fully saturated rings. The second-order valence-corrected chi connectivity index (χ2v) is 19.5. The third kappa shape index (κ3) is 20.7. The molecule has 0 N–H and O–H groups in total. The third-order valence-electron chi connectivity index (χ3n) is 11.2. The topological polar surface area (TPSA) is 55.4 Å². The summed E-state index contributed by atoms with van der Waals surface area (Å²) < 4.78 is 37.3. The molecule has 0 saturated heterocycles. The fraction of sp³-hybridized carbons (Fsp3) is 0.300. The van der Waals surface area contributed by atoms with Crippen molar-refractivity contribution in [2.75, 3.05) is 13.2 Å². The van der Waals surface area contributed by atoms with Gasteiger partial charge in [-0.05, 0) is 177 Å². The van der Waals surface area contributed by atoms with E-state index < -0.39 is 0 Å². The van der Waals surface area contributed by atoms with Crippen molar-refractivity contribution >= 4 is 92.8 Å². The van der Waals surface area contributed by atoms with E-state index in [2.05, 4.69) is 36.4 Å². The maximum absolute atomic E-state index is 6.22. The van der Waals surface area contributed by atoms with Gasteiger partial charge in [0.05, 0.1) is 0 Å². The summed E-state index contributed by atoms with van der Waals surface area (Å²) in [6, 6.07) is 35.4. The highest BCUT2D eigenvalue weighted by atomic mass is 35.5. The molecule has 0 bridgehead atoms. The summed E-state index contributed by atoms with van der Waals surface area (Å²) in [5.41, 5.74) is 11.3. The Morgan fingerprint density at radius 2 is 0.392 bits per heavy atom. The number of alkyl halides is 8. The molecule has 6 aromatic carbocycles. The molecule has 14 heteroatoms. The van der Waals surface area contributed by atoms with Gasteiger partial charge >= 0.3 is 0 Å². The molecule has 6 nitrogen and oxygen atoms in total. The van der Waals surface area contributed by atoms with E-state index in [0.717, 1.165) is 92.4 Å². The van der Waals surface area contributed by atoms with Crippen LogP contribution in [0.5, 0.6) is 34.5 Å². The van der Waals surface area contributed by atoms with Crippen molar-refractivity contribution in [3.8, 4) is 34.5 Å². The van der Waals surface area contributed by atoms with Crippen LogP contribution in [-0.4, -0.2) is 13.2 Å². The number of benzene rings is 6. The lowest BCUT2D eigenvalue weighted by molar-refractivity contribution is 0.296. The molecule has 392 valence electrons. The van der Waals surface area contributed by atoms with Crippen molar-refractivity contribution in [1.82, 2.24) is 0 Å². The monoisotopic (exact) mass is 1160 g/mol. The van der Waals surface area contributed by atoms with Crippen molar-refractivity contribution in [1.29, 1.82) is 0 Å². The van der Waals surface area contributed by atoms with Crippen LogP contribution in [0, 0.1) is 0 Å². The fourth-order valence-corrected chi connectivity index (χ4v) is 9.00. The molecular weight excluding hydrogens is 1100 g/mol. The quantitative estimate of drug-likeness (QED) is 0.0238. The molecule has 0 aliphatic carbocycles. The lowest BCUT2D eigenvalue weighted by Gasteiger charge is -2.14. The van der Waals surface area contributed by atoms with Gasteiger partial charge in [-0.2, -0.15) is 0 Å². The van der Waals surface area contributed by atoms with Gasteiger partial charge in [0.2, 0.25) is 0 Å². The van der Waals surface area contributed by atoms with E-state index in [0.29, 0.717) is 121 Å². The average molecular weight is 1160 g/mol. The lowest BCUT2D eigenvalue weighted by Crippen LogP contribution is -2.03. The van der Waals surface area contributed by atoms with Crippen LogP contribution < -0.4 is 28.4 Å². The standard InChI is InChI=1S/C60H60Cl8O6/c61-31-43-13-44(32-62)20-57(19-43)71-39-51-17-52(40-72-58-21-45(33-63)14-46(22-58)34-64)28-55(27-51)69-11-9-7-5-3-1-2-4-6-8-10-12-70-56-29-53(41-73-59-23-47(35-65)15-48(24-59)36-66)18-54(30-56)42-74-60-25-49(37-67)16-50(26-60)38-68/h1-2,7-10,13-30H,3-6,11-12,31-42H2. The molecule has 0 amide bonds. The van der Waals surface area contributed by atoms with E-state index in [4.69, 9.17) is 121 Å². The Labute approximate surface area is 477 Å². The molecule has 6 aromatic rings. The smallest absolute Gasteiger partial charge is 0.120 e. The second-order valence-electron chi connectivity index (χ2n) is 17.3. The Balaban J connectivity index is 0.968. The van der Waals surface area contributed by atoms with Gasteiger partial charge in [-0.25, -0.2) is 0 Å². The minimum absolute atomic E-state index is 0.317. The van der Waals surface area contributed by atoms with Gasteiger partial charge in [0.15, 0.2) is 0 Å². The van der Waals surface area contributed by atoms with Crippen molar-refractivity contribution < 1.29 is 28.4 Å². The summed E-state index contributed by atoms with van der Waals surface area (Å²) in [5, 5.41) is 0. The summed E-state index contributed by atoms with van der Waals surface area (Å²) in [7, 11) is 0. The molecule has 0 saturated carbocycles. The van der Waals surface area contributed by atoms with Crippen LogP contribution in [0.25, 0.3) is 0 Å². The zero-order valence-electron chi connectivity index (χ0n) is 41.1. The first-order chi connectivity index (χ1) is 36.2. The highest BCUT2D eigenvalue weighted by Gasteiger charge is 2.11. The molecular formula is C60H60Cl8O6. The lowest BCUT2D eigenvalue weighted by atomic mass is 10.1. The van der Waals surface area contributed by atoms with E-state index in [9.17, 15) is 0 Å². The molecule has 6 rings (SSSR count). The van der Waals surface area contributed by atoms with E-state index in [1.54, 1.807) is 0 Å². The number of rotatable bonds is 32. The number of allylic oxidation sites excluding steroid dienone is 4. The summed E-state index contributed by atoms with van der Waals surface area (Å²) in [5.74, 6) is 7.17. The van der Waals surface area contributed by atoms with Crippen molar-refractivity contribution in [3.05, 3.63) is 212 Å². The Morgan fingerprint density at radius 3 is 0.608 bits per heavy atom. The fourth-order valence-electron chi connectivity index (χ4n) is 7.77. The first-order valence-electron chi connectivity index (χ1n) is 24.2. The van der Waals surface area contributed by atoms with E-state index in [1.807, 2.05) is 109 Å². The van der Waals surface area contributed by atoms with Crippen LogP contribution in [-0.2, 0) is 73.5 Å². The Bertz CT molecular complexity index is 2350. The Hall–Kier alpha value is -4.34. The summed E-state index contributed by atoms with van der Waals surface area (Å²) in [6.07, 6.45) is 16.4. The minimum atomic E-state index is 0.317. The highest BCUT2D eigenvalue weighted by molar-refractivity contribution is 6.19. The number of halogens is 8. The number of ether oxygens (including phenoxy) is 6. The first kappa shape index (κ1) is 58.9. The predicted molar refractivity (Wildman–Crippen MR) is 309 cm³/mol. The van der Waals surface area contributed by atoms with Crippen LogP contribution in [0.15, 0.2) is 146 Å². The van der Waals surface area contributed by atoms with Gasteiger partial charge < -0.3 is 28.4 Å². The van der Waals surface area contributed by atoms with Crippen LogP contribution in [0.1, 0.15) is 92.4 Å². The Kier molecular flexibility index (Phi) is 26.2. The first-order valence-corrected chi connectivity index (χ1v) is 28.5. The minimum Gasteiger partial charge on any atom is -0.490 e. The van der Waals surface area contributed by atoms with E-state index in [1.165, 1.54) is 0 Å². The van der Waals surface area contributed by atoms with E-state index >= 15 is 0 Å². The van der Waals surface area contributed by atoms with E-state index in [-0.39, 0.29) is 0 Å². The third-order valence-corrected chi connectivity index (χ3v) is 13.7. The van der Waals surface area contributed by atoms with Gasteiger partial charge in [0.1, 0.15) is 74.1 Å². The zero-order chi connectivity index (χ0) is 52.3. The molecule has 0 radical (unpaired) electrons. The summed E-state index contributed by atoms with van der Waals surface area (Å²) >= 11 is 49.1. The maximum atomic E-state index is 6.22. The SMILES string of the molecule is ClCc1cc(CCl)cc(OCc2cc(COc3cc(CCl)cc(CCl)c3)cc(OCC=CCCC=CCCC=CCOc3cc(COc4cc(CCl)cc(CCl)c4)cc(COc4cc(CCl)cc(CCl)c4)c3)c2)c1. The number of hydrogen-bond acceptors (Lipinski definition) is 6. The van der Waals surface area contributed by atoms with Crippen molar-refractivity contribution in [2.24, 2.45) is 0 Å². The van der Waals surface area contributed by atoms with Gasteiger partial charge in [-0.1, -0.05) is 60.7 Å². The molecule has 0 atom stereocenters. The Morgan fingerprint density at radius 1 is 0.216 bits per heavy atom. The molecule has 0 heterocycles. The number of unbranched alkanes of at least 4 members (excludes halogenated alkanes) is 2. The van der Waals surface area contributed by atoms with Crippen LogP contribution in [0.2, 0.25) is 0 Å².